The summed E-state index contributed by atoms with van der Waals surface area (Å²) in [7, 11) is 1.59. The molecule has 0 saturated carbocycles. The van der Waals surface area contributed by atoms with E-state index in [9.17, 15) is 14.4 Å². The molecule has 3 aromatic carbocycles. The number of hydrogen-bond donors (Lipinski definition) is 2. The number of anilines is 1. The molecule has 3 rings (SSSR count). The van der Waals surface area contributed by atoms with Crippen molar-refractivity contribution in [2.75, 3.05) is 19.0 Å². The monoisotopic (exact) mass is 615 g/mol. The lowest BCUT2D eigenvalue weighted by molar-refractivity contribution is -0.140. The largest absolute Gasteiger partial charge is 0.497 e. The van der Waals surface area contributed by atoms with Crippen LogP contribution in [0.4, 0.5) is 10.5 Å². The molecule has 2 unspecified atom stereocenters. The summed E-state index contributed by atoms with van der Waals surface area (Å²) in [6, 6.07) is 20.6. The van der Waals surface area contributed by atoms with Gasteiger partial charge in [-0.1, -0.05) is 85.8 Å². The molecule has 242 valence electrons. The zero-order chi connectivity index (χ0) is 33.0. The van der Waals surface area contributed by atoms with E-state index in [0.29, 0.717) is 30.0 Å². The van der Waals surface area contributed by atoms with E-state index in [4.69, 9.17) is 9.47 Å². The number of methoxy groups -OCH3 is 1. The average molecular weight is 616 g/mol. The second-order valence-electron chi connectivity index (χ2n) is 12.5. The van der Waals surface area contributed by atoms with Crippen molar-refractivity contribution < 1.29 is 23.9 Å². The first-order valence-corrected chi connectivity index (χ1v) is 15.8. The van der Waals surface area contributed by atoms with Gasteiger partial charge >= 0.3 is 6.09 Å². The van der Waals surface area contributed by atoms with Crippen LogP contribution in [0.1, 0.15) is 81.7 Å². The molecule has 0 aliphatic rings. The Balaban J connectivity index is 2.09. The minimum atomic E-state index is -0.962. The zero-order valence-corrected chi connectivity index (χ0v) is 27.8. The van der Waals surface area contributed by atoms with Gasteiger partial charge in [-0.2, -0.15) is 0 Å². The topological polar surface area (TPSA) is 97.0 Å². The highest BCUT2D eigenvalue weighted by Gasteiger charge is 2.36. The fourth-order valence-electron chi connectivity index (χ4n) is 5.30. The summed E-state index contributed by atoms with van der Waals surface area (Å²) in [4.78, 5) is 43.6. The number of nitrogens with one attached hydrogen (secondary N) is 2. The van der Waals surface area contributed by atoms with Crippen molar-refractivity contribution >= 4 is 23.6 Å². The zero-order valence-electron chi connectivity index (χ0n) is 27.8. The second-order valence-corrected chi connectivity index (χ2v) is 12.5. The van der Waals surface area contributed by atoms with E-state index in [-0.39, 0.29) is 18.2 Å². The van der Waals surface area contributed by atoms with Crippen LogP contribution in [0, 0.1) is 13.8 Å². The fourth-order valence-corrected chi connectivity index (χ4v) is 5.30. The van der Waals surface area contributed by atoms with Crippen LogP contribution in [0.25, 0.3) is 0 Å². The van der Waals surface area contributed by atoms with Crippen LogP contribution in [0.15, 0.2) is 72.8 Å². The van der Waals surface area contributed by atoms with Crippen molar-refractivity contribution in [3.8, 4) is 5.75 Å². The van der Waals surface area contributed by atoms with Crippen LogP contribution in [0.5, 0.6) is 5.75 Å². The summed E-state index contributed by atoms with van der Waals surface area (Å²) >= 11 is 0. The van der Waals surface area contributed by atoms with Gasteiger partial charge in [0.1, 0.15) is 23.4 Å². The van der Waals surface area contributed by atoms with Crippen LogP contribution in [0.2, 0.25) is 0 Å². The average Bonchev–Trinajstić information content (AvgIpc) is 2.97. The highest BCUT2D eigenvalue weighted by molar-refractivity contribution is 5.99. The predicted octanol–water partition coefficient (Wildman–Crippen LogP) is 7.54. The first kappa shape index (κ1) is 35.2. The molecule has 8 nitrogen and oxygen atoms in total. The summed E-state index contributed by atoms with van der Waals surface area (Å²) in [5, 5.41) is 5.86. The first-order chi connectivity index (χ1) is 21.4. The van der Waals surface area contributed by atoms with Gasteiger partial charge in [0, 0.05) is 18.7 Å². The summed E-state index contributed by atoms with van der Waals surface area (Å²) < 4.78 is 10.8. The van der Waals surface area contributed by atoms with Gasteiger partial charge in [0.2, 0.25) is 5.91 Å². The number of carbonyl (C=O) groups excluding carboxylic acids is 3. The lowest BCUT2D eigenvalue weighted by atomic mass is 9.97. The maximum absolute atomic E-state index is 14.7. The molecule has 3 aromatic rings. The highest BCUT2D eigenvalue weighted by Crippen LogP contribution is 2.28. The number of rotatable bonds is 14. The Bertz CT molecular complexity index is 1380. The van der Waals surface area contributed by atoms with Gasteiger partial charge < -0.3 is 25.0 Å². The molecule has 0 bridgehead atoms. The number of unbranched alkanes of at least 4 members (excludes halogenated alkanes) is 3. The number of carbonyl (C=O) groups is 3. The number of nitrogens with zero attached hydrogens (tertiary/aromatic N) is 1. The lowest BCUT2D eigenvalue weighted by Gasteiger charge is -2.35. The van der Waals surface area contributed by atoms with Crippen LogP contribution < -0.4 is 15.4 Å². The Labute approximate surface area is 268 Å². The van der Waals surface area contributed by atoms with Gasteiger partial charge in [-0.3, -0.25) is 9.59 Å². The van der Waals surface area contributed by atoms with Crippen molar-refractivity contribution in [1.82, 2.24) is 10.2 Å². The number of hydrogen-bond acceptors (Lipinski definition) is 5. The number of alkyl carbamates (subject to hydrolysis) is 1. The van der Waals surface area contributed by atoms with E-state index in [0.717, 1.165) is 36.0 Å². The summed E-state index contributed by atoms with van der Waals surface area (Å²) in [5.74, 6) is -0.0245. The van der Waals surface area contributed by atoms with Crippen LogP contribution in [0.3, 0.4) is 0 Å². The van der Waals surface area contributed by atoms with Crippen LogP contribution in [-0.2, 0) is 20.7 Å². The number of benzene rings is 3. The maximum Gasteiger partial charge on any atom is 0.408 e. The fraction of sp³-hybridized carbons (Fsp3) is 0.432. The van der Waals surface area contributed by atoms with Gasteiger partial charge in [0.05, 0.1) is 7.11 Å². The molecular weight excluding hydrogens is 566 g/mol. The van der Waals surface area contributed by atoms with Crippen molar-refractivity contribution in [3.63, 3.8) is 0 Å². The van der Waals surface area contributed by atoms with Crippen molar-refractivity contribution in [2.45, 2.75) is 91.3 Å². The summed E-state index contributed by atoms with van der Waals surface area (Å²) in [6.07, 6.45) is 3.21. The maximum atomic E-state index is 14.7. The molecule has 0 saturated heterocycles. The van der Waals surface area contributed by atoms with Gasteiger partial charge in [0.25, 0.3) is 5.91 Å². The van der Waals surface area contributed by atoms with Crippen LogP contribution in [-0.4, -0.2) is 48.1 Å². The van der Waals surface area contributed by atoms with Gasteiger partial charge in [-0.15, -0.1) is 0 Å². The molecule has 0 fully saturated rings. The third kappa shape index (κ3) is 11.3. The summed E-state index contributed by atoms with van der Waals surface area (Å²) in [6.45, 7) is 11.8. The molecule has 0 aromatic heterocycles. The Morgan fingerprint density at radius 2 is 1.51 bits per heavy atom. The lowest BCUT2D eigenvalue weighted by Crippen LogP contribution is -2.53. The Morgan fingerprint density at radius 3 is 2.09 bits per heavy atom. The van der Waals surface area contributed by atoms with Gasteiger partial charge in [0.15, 0.2) is 0 Å². The third-order valence-corrected chi connectivity index (χ3v) is 7.28. The molecule has 2 N–H and O–H groups in total. The molecule has 0 spiro atoms. The summed E-state index contributed by atoms with van der Waals surface area (Å²) in [5.41, 5.74) is 3.39. The molecule has 2 atom stereocenters. The van der Waals surface area contributed by atoms with E-state index in [1.807, 2.05) is 62.4 Å². The SMILES string of the molecule is CCCCCCN(C(=O)C(Cc1ccccc1)NC(=O)OC(C)(C)C)C(C(=O)Nc1ccc(OC)cc1)c1cc(C)cc(C)c1. The third-order valence-electron chi connectivity index (χ3n) is 7.28. The van der Waals surface area contributed by atoms with E-state index < -0.39 is 23.8 Å². The quantitative estimate of drug-likeness (QED) is 0.183. The van der Waals surface area contributed by atoms with Gasteiger partial charge in [-0.05, 0) is 76.4 Å². The molecule has 0 radical (unpaired) electrons. The van der Waals surface area contributed by atoms with Crippen molar-refractivity contribution in [1.29, 1.82) is 0 Å². The number of aryl methyl sites for hydroxylation is 2. The van der Waals surface area contributed by atoms with Crippen LogP contribution >= 0.6 is 0 Å². The molecule has 8 heteroatoms. The molecule has 0 aliphatic carbocycles. The minimum Gasteiger partial charge on any atom is -0.497 e. The standard InChI is InChI=1S/C37H49N3O5/c1-8-9-10-14-21-40(35(42)32(25-28-15-12-11-13-16-28)39-36(43)45-37(4,5)6)33(29-23-26(2)22-27(3)24-29)34(41)38-30-17-19-31(44-7)20-18-30/h11-13,15-20,22-24,32-33H,8-10,14,21,25H2,1-7H3,(H,38,41)(H,39,43). The number of amides is 3. The predicted molar refractivity (Wildman–Crippen MR) is 179 cm³/mol. The molecular formula is C37H49N3O5. The second kappa shape index (κ2) is 16.7. The van der Waals surface area contributed by atoms with E-state index in [2.05, 4.69) is 17.6 Å². The van der Waals surface area contributed by atoms with E-state index >= 15 is 0 Å². The highest BCUT2D eigenvalue weighted by atomic mass is 16.6. The Hall–Kier alpha value is -4.33. The normalized spacial score (nSPS) is 12.5. The molecule has 0 heterocycles. The smallest absolute Gasteiger partial charge is 0.408 e. The van der Waals surface area contributed by atoms with Gasteiger partial charge in [-0.25, -0.2) is 4.79 Å². The minimum absolute atomic E-state index is 0.240. The molecule has 0 aliphatic heterocycles. The van der Waals surface area contributed by atoms with E-state index in [1.165, 1.54) is 0 Å². The molecule has 45 heavy (non-hydrogen) atoms. The Kier molecular flexibility index (Phi) is 13.0. The van der Waals surface area contributed by atoms with E-state index in [1.54, 1.807) is 57.0 Å². The first-order valence-electron chi connectivity index (χ1n) is 15.8. The molecule has 3 amide bonds. The Morgan fingerprint density at radius 1 is 0.867 bits per heavy atom. The van der Waals surface area contributed by atoms with Crippen molar-refractivity contribution in [3.05, 3.63) is 95.1 Å². The van der Waals surface area contributed by atoms with Crippen molar-refractivity contribution in [2.24, 2.45) is 0 Å². The number of ether oxygens (including phenoxy) is 2.